The fourth-order valence-corrected chi connectivity index (χ4v) is 5.86. The number of rotatable bonds is 54. The Morgan fingerprint density at radius 1 is 0.237 bits per heavy atom. The van der Waals surface area contributed by atoms with Crippen molar-refractivity contribution in [3.8, 4) is 0 Å². The molecule has 0 aromatic heterocycles. The first kappa shape index (κ1) is 58.0. The van der Waals surface area contributed by atoms with Crippen molar-refractivity contribution in [2.24, 2.45) is 0 Å². The van der Waals surface area contributed by atoms with Crippen molar-refractivity contribution in [1.82, 2.24) is 0 Å². The summed E-state index contributed by atoms with van der Waals surface area (Å²) in [5, 5.41) is 0. The molecule has 0 bridgehead atoms. The molecule has 0 aliphatic rings. The highest BCUT2D eigenvalue weighted by atomic mass is 16.6. The van der Waals surface area contributed by atoms with E-state index in [0.717, 1.165) is 25.9 Å². The number of carbonyl (C=O) groups excluding carboxylic acids is 1. The maximum absolute atomic E-state index is 11.9. The number of unbranched alkanes of at least 4 members (excludes halogenated alkanes) is 17. The van der Waals surface area contributed by atoms with Crippen LogP contribution in [-0.2, 0) is 61.6 Å². The molecular weight excluding hydrogens is 760 g/mol. The van der Waals surface area contributed by atoms with E-state index < -0.39 is 0 Å². The minimum atomic E-state index is -0.130. The Balaban J connectivity index is 3.11. The van der Waals surface area contributed by atoms with E-state index in [1.807, 2.05) is 0 Å². The highest BCUT2D eigenvalue weighted by molar-refractivity contribution is 5.69. The van der Waals surface area contributed by atoms with Gasteiger partial charge in [0, 0.05) is 13.0 Å². The molecule has 0 N–H and O–H groups in total. The van der Waals surface area contributed by atoms with Gasteiger partial charge in [-0.15, -0.1) is 0 Å². The predicted octanol–water partition coefficient (Wildman–Crippen LogP) is 8.55. The lowest BCUT2D eigenvalue weighted by Crippen LogP contribution is -2.15. The lowest BCUT2D eigenvalue weighted by atomic mass is 10.0. The molecule has 0 spiro atoms. The van der Waals surface area contributed by atoms with Gasteiger partial charge in [-0.3, -0.25) is 4.79 Å². The lowest BCUT2D eigenvalue weighted by molar-refractivity contribution is -0.145. The Morgan fingerprint density at radius 2 is 0.441 bits per heavy atom. The zero-order valence-electron chi connectivity index (χ0n) is 38.2. The first-order valence-electron chi connectivity index (χ1n) is 23.8. The van der Waals surface area contributed by atoms with Gasteiger partial charge in [0.05, 0.1) is 139 Å². The summed E-state index contributed by atoms with van der Waals surface area (Å²) in [5.74, 6) is -0.130. The van der Waals surface area contributed by atoms with Crippen molar-refractivity contribution in [2.75, 3.05) is 152 Å². The van der Waals surface area contributed by atoms with Crippen molar-refractivity contribution in [2.45, 2.75) is 142 Å². The third-order valence-corrected chi connectivity index (χ3v) is 9.34. The van der Waals surface area contributed by atoms with Gasteiger partial charge in [0.1, 0.15) is 6.61 Å². The summed E-state index contributed by atoms with van der Waals surface area (Å²) in [5.41, 5.74) is 0. The van der Waals surface area contributed by atoms with E-state index in [9.17, 15) is 4.79 Å². The van der Waals surface area contributed by atoms with Crippen LogP contribution in [-0.4, -0.2) is 158 Å². The largest absolute Gasteiger partial charge is 0.463 e. The third-order valence-electron chi connectivity index (χ3n) is 9.34. The average molecular weight is 853 g/mol. The molecular formula is C46H92O13. The van der Waals surface area contributed by atoms with Gasteiger partial charge in [-0.05, 0) is 12.8 Å². The molecule has 0 aromatic carbocycles. The van der Waals surface area contributed by atoms with Gasteiger partial charge in [0.25, 0.3) is 0 Å². The van der Waals surface area contributed by atoms with Crippen molar-refractivity contribution >= 4 is 5.97 Å². The molecule has 0 rings (SSSR count). The number of hydrogen-bond donors (Lipinski definition) is 0. The van der Waals surface area contributed by atoms with E-state index in [4.69, 9.17) is 56.8 Å². The summed E-state index contributed by atoms with van der Waals surface area (Å²) >= 11 is 0. The minimum absolute atomic E-state index is 0.130. The second-order valence-electron chi connectivity index (χ2n) is 14.7. The summed E-state index contributed by atoms with van der Waals surface area (Å²) in [6.45, 7) is 16.4. The quantitative estimate of drug-likeness (QED) is 0.0429. The van der Waals surface area contributed by atoms with Crippen LogP contribution in [0.4, 0.5) is 0 Å². The maximum atomic E-state index is 11.9. The normalized spacial score (nSPS) is 11.6. The van der Waals surface area contributed by atoms with Gasteiger partial charge in [-0.2, -0.15) is 0 Å². The van der Waals surface area contributed by atoms with Crippen LogP contribution in [0.25, 0.3) is 0 Å². The van der Waals surface area contributed by atoms with E-state index in [1.165, 1.54) is 103 Å². The predicted molar refractivity (Wildman–Crippen MR) is 234 cm³/mol. The number of esters is 1. The van der Waals surface area contributed by atoms with E-state index in [-0.39, 0.29) is 12.6 Å². The standard InChI is InChI=1S/C46H92O13/c1-3-5-7-9-11-12-13-14-15-16-17-18-20-22-46(47)59-45-44-58-43-42-57-41-40-56-39-38-55-37-36-54-35-34-53-33-32-52-31-30-51-29-28-50-27-26-49-25-24-48-23-21-19-10-8-6-4-2/h3-45H2,1-2H3. The van der Waals surface area contributed by atoms with E-state index in [2.05, 4.69) is 13.8 Å². The molecule has 0 amide bonds. The SMILES string of the molecule is CCCCCCCCCCCCCCCC(=O)OCCOCCOCCOCCOCCOCCOCCOCCOCCOCCOCCOCCCCCCCC. The number of carbonyl (C=O) groups is 1. The Labute approximate surface area is 361 Å². The highest BCUT2D eigenvalue weighted by Gasteiger charge is 2.03. The van der Waals surface area contributed by atoms with Crippen molar-refractivity contribution in [3.63, 3.8) is 0 Å². The van der Waals surface area contributed by atoms with Gasteiger partial charge in [0.2, 0.25) is 0 Å². The van der Waals surface area contributed by atoms with Crippen LogP contribution in [0.3, 0.4) is 0 Å². The fraction of sp³-hybridized carbons (Fsp3) is 0.978. The van der Waals surface area contributed by atoms with E-state index >= 15 is 0 Å². The second-order valence-corrected chi connectivity index (χ2v) is 14.7. The van der Waals surface area contributed by atoms with Gasteiger partial charge in [0.15, 0.2) is 0 Å². The summed E-state index contributed by atoms with van der Waals surface area (Å²) in [4.78, 5) is 11.9. The monoisotopic (exact) mass is 853 g/mol. The summed E-state index contributed by atoms with van der Waals surface area (Å²) in [6.07, 6.45) is 25.0. The molecule has 0 aliphatic heterocycles. The molecule has 13 nitrogen and oxygen atoms in total. The van der Waals surface area contributed by atoms with Crippen LogP contribution in [0.15, 0.2) is 0 Å². The topological polar surface area (TPSA) is 128 Å². The third kappa shape index (κ3) is 55.0. The Morgan fingerprint density at radius 3 is 0.712 bits per heavy atom. The summed E-state index contributed by atoms with van der Waals surface area (Å²) < 4.78 is 66.0. The molecule has 0 unspecified atom stereocenters. The van der Waals surface area contributed by atoms with Gasteiger partial charge >= 0.3 is 5.97 Å². The van der Waals surface area contributed by atoms with Crippen molar-refractivity contribution < 1.29 is 61.6 Å². The molecule has 0 atom stereocenters. The fourth-order valence-electron chi connectivity index (χ4n) is 5.86. The minimum Gasteiger partial charge on any atom is -0.463 e. The highest BCUT2D eigenvalue weighted by Crippen LogP contribution is 2.13. The van der Waals surface area contributed by atoms with Gasteiger partial charge < -0.3 is 56.8 Å². The second kappa shape index (κ2) is 55.0. The first-order chi connectivity index (χ1) is 29.3. The van der Waals surface area contributed by atoms with Crippen LogP contribution in [0.1, 0.15) is 142 Å². The summed E-state index contributed by atoms with van der Waals surface area (Å²) in [6, 6.07) is 0. The molecule has 59 heavy (non-hydrogen) atoms. The summed E-state index contributed by atoms with van der Waals surface area (Å²) in [7, 11) is 0. The Hall–Kier alpha value is -0.970. The average Bonchev–Trinajstić information content (AvgIpc) is 3.24. The van der Waals surface area contributed by atoms with Gasteiger partial charge in [-0.1, -0.05) is 123 Å². The van der Waals surface area contributed by atoms with E-state index in [0.29, 0.717) is 145 Å². The molecule has 0 saturated heterocycles. The van der Waals surface area contributed by atoms with Crippen LogP contribution >= 0.6 is 0 Å². The van der Waals surface area contributed by atoms with Crippen molar-refractivity contribution in [3.05, 3.63) is 0 Å². The number of hydrogen-bond acceptors (Lipinski definition) is 13. The van der Waals surface area contributed by atoms with Crippen LogP contribution in [0.2, 0.25) is 0 Å². The van der Waals surface area contributed by atoms with Crippen LogP contribution < -0.4 is 0 Å². The molecule has 0 radical (unpaired) electrons. The molecule has 0 aliphatic carbocycles. The number of ether oxygens (including phenoxy) is 12. The Kier molecular flexibility index (Phi) is 54.1. The molecule has 0 fully saturated rings. The molecule has 13 heteroatoms. The lowest BCUT2D eigenvalue weighted by Gasteiger charge is -2.09. The first-order valence-corrected chi connectivity index (χ1v) is 23.8. The molecule has 0 saturated carbocycles. The zero-order chi connectivity index (χ0) is 42.5. The molecule has 0 heterocycles. The van der Waals surface area contributed by atoms with E-state index in [1.54, 1.807) is 0 Å². The Bertz CT molecular complexity index is 764. The zero-order valence-corrected chi connectivity index (χ0v) is 38.2. The van der Waals surface area contributed by atoms with Crippen LogP contribution in [0.5, 0.6) is 0 Å². The van der Waals surface area contributed by atoms with Crippen molar-refractivity contribution in [1.29, 1.82) is 0 Å². The smallest absolute Gasteiger partial charge is 0.305 e. The van der Waals surface area contributed by atoms with Gasteiger partial charge in [-0.25, -0.2) is 0 Å². The molecule has 354 valence electrons. The molecule has 0 aromatic rings. The van der Waals surface area contributed by atoms with Crippen LogP contribution in [0, 0.1) is 0 Å². The maximum Gasteiger partial charge on any atom is 0.305 e.